The van der Waals surface area contributed by atoms with Crippen molar-refractivity contribution >= 4 is 6.08 Å². The molecule has 0 fully saturated rings. The third-order valence-electron chi connectivity index (χ3n) is 1.83. The summed E-state index contributed by atoms with van der Waals surface area (Å²) in [6.07, 6.45) is 10.1. The van der Waals surface area contributed by atoms with E-state index in [1.165, 1.54) is 38.2 Å². The zero-order chi connectivity index (χ0) is 9.07. The van der Waals surface area contributed by atoms with Gasteiger partial charge in [0.1, 0.15) is 0 Å². The summed E-state index contributed by atoms with van der Waals surface area (Å²) in [6.45, 7) is 3.86. The van der Waals surface area contributed by atoms with Crippen LogP contribution in [-0.4, -0.2) is 6.08 Å². The first-order valence-electron chi connectivity index (χ1n) is 4.80. The Hall–Kier alpha value is -0.620. The average Bonchev–Trinajstić information content (AvgIpc) is 2.10. The lowest BCUT2D eigenvalue weighted by atomic mass is 10.1. The lowest BCUT2D eigenvalue weighted by Crippen LogP contribution is -1.79. The second-order valence-corrected chi connectivity index (χ2v) is 2.96. The van der Waals surface area contributed by atoms with Crippen molar-refractivity contribution in [3.63, 3.8) is 0 Å². The molecule has 2 nitrogen and oxygen atoms in total. The summed E-state index contributed by atoms with van der Waals surface area (Å²) >= 11 is 0. The van der Waals surface area contributed by atoms with Crippen LogP contribution in [0, 0.1) is 6.54 Å². The highest BCUT2D eigenvalue weighted by Gasteiger charge is 1.89. The number of rotatable bonds is 8. The minimum absolute atomic E-state index is 0.918. The van der Waals surface area contributed by atoms with Crippen LogP contribution in [0.1, 0.15) is 51.9 Å². The molecule has 0 amide bonds. The summed E-state index contributed by atoms with van der Waals surface area (Å²) in [5.41, 5.74) is 0. The summed E-state index contributed by atoms with van der Waals surface area (Å²) in [7, 11) is 0. The summed E-state index contributed by atoms with van der Waals surface area (Å²) in [4.78, 5) is 13.0. The van der Waals surface area contributed by atoms with E-state index in [-0.39, 0.29) is 0 Å². The van der Waals surface area contributed by atoms with E-state index in [9.17, 15) is 4.79 Å². The van der Waals surface area contributed by atoms with E-state index in [1.54, 1.807) is 6.54 Å². The van der Waals surface area contributed by atoms with Gasteiger partial charge in [0.25, 0.3) is 0 Å². The Kier molecular flexibility index (Phi) is 9.84. The van der Waals surface area contributed by atoms with Crippen molar-refractivity contribution < 1.29 is 4.79 Å². The smallest absolute Gasteiger partial charge is 0.211 e. The van der Waals surface area contributed by atoms with E-state index >= 15 is 0 Å². The molecule has 0 aliphatic carbocycles. The van der Waals surface area contributed by atoms with Crippen molar-refractivity contribution in [3.05, 3.63) is 6.54 Å². The maximum atomic E-state index is 9.66. The van der Waals surface area contributed by atoms with Gasteiger partial charge >= 0.3 is 0 Å². The van der Waals surface area contributed by atoms with Crippen molar-refractivity contribution in [2.24, 2.45) is 4.99 Å². The molecule has 2 heteroatoms. The quantitative estimate of drug-likeness (QED) is 0.311. The van der Waals surface area contributed by atoms with E-state index in [4.69, 9.17) is 0 Å². The lowest BCUT2D eigenvalue weighted by molar-refractivity contribution is 0.563. The Balaban J connectivity index is 2.86. The van der Waals surface area contributed by atoms with Gasteiger partial charge in [-0.05, 0) is 6.42 Å². The fourth-order valence-electron chi connectivity index (χ4n) is 1.12. The second kappa shape index (κ2) is 10.4. The minimum atomic E-state index is 0.918. The molecule has 0 unspecified atom stereocenters. The van der Waals surface area contributed by atoms with E-state index < -0.39 is 0 Å². The molecule has 0 saturated carbocycles. The van der Waals surface area contributed by atoms with Crippen molar-refractivity contribution in [2.45, 2.75) is 51.9 Å². The SMILES string of the molecule is CCCCCCCC[CH]N=C=O. The highest BCUT2D eigenvalue weighted by molar-refractivity contribution is 5.33. The van der Waals surface area contributed by atoms with E-state index in [0.29, 0.717) is 0 Å². The number of nitrogens with zero attached hydrogens (tertiary/aromatic N) is 1. The molecule has 0 aromatic rings. The highest BCUT2D eigenvalue weighted by Crippen LogP contribution is 2.07. The molecular weight excluding hydrogens is 150 g/mol. The number of unbranched alkanes of at least 4 members (excludes halogenated alkanes) is 6. The van der Waals surface area contributed by atoms with Crippen LogP contribution in [0.5, 0.6) is 0 Å². The predicted molar refractivity (Wildman–Crippen MR) is 50.4 cm³/mol. The number of hydrogen-bond acceptors (Lipinski definition) is 2. The van der Waals surface area contributed by atoms with Gasteiger partial charge in [-0.15, -0.1) is 0 Å². The average molecular weight is 168 g/mol. The maximum absolute atomic E-state index is 9.66. The highest BCUT2D eigenvalue weighted by atomic mass is 16.1. The Bertz CT molecular complexity index is 128. The van der Waals surface area contributed by atoms with Crippen LogP contribution in [-0.2, 0) is 4.79 Å². The van der Waals surface area contributed by atoms with E-state index in [2.05, 4.69) is 11.9 Å². The summed E-state index contributed by atoms with van der Waals surface area (Å²) in [5.74, 6) is 0. The number of aliphatic imine (C=N–C) groups is 1. The van der Waals surface area contributed by atoms with Crippen LogP contribution in [0.3, 0.4) is 0 Å². The molecule has 0 aliphatic heterocycles. The molecule has 0 heterocycles. The van der Waals surface area contributed by atoms with Crippen molar-refractivity contribution in [3.8, 4) is 0 Å². The number of carbonyl (C=O) groups excluding carboxylic acids is 1. The van der Waals surface area contributed by atoms with Gasteiger partial charge in [0.05, 0.1) is 6.54 Å². The molecule has 69 valence electrons. The van der Waals surface area contributed by atoms with Crippen LogP contribution >= 0.6 is 0 Å². The normalized spacial score (nSPS) is 9.42. The molecule has 0 atom stereocenters. The predicted octanol–water partition coefficient (Wildman–Crippen LogP) is 3.23. The largest absolute Gasteiger partial charge is 0.235 e. The molecule has 0 rings (SSSR count). The van der Waals surface area contributed by atoms with Gasteiger partial charge in [0.15, 0.2) is 0 Å². The standard InChI is InChI=1S/C10H18NO/c1-2-3-4-5-6-7-8-9-11-10-12/h9H,2-8H2,1H3. The van der Waals surface area contributed by atoms with Gasteiger partial charge in [-0.25, -0.2) is 9.79 Å². The maximum Gasteiger partial charge on any atom is 0.235 e. The molecule has 0 aromatic heterocycles. The fraction of sp³-hybridized carbons (Fsp3) is 0.800. The Morgan fingerprint density at radius 3 is 2.50 bits per heavy atom. The number of hydrogen-bond donors (Lipinski definition) is 0. The van der Waals surface area contributed by atoms with Gasteiger partial charge < -0.3 is 0 Å². The Morgan fingerprint density at radius 1 is 1.17 bits per heavy atom. The molecule has 0 spiro atoms. The topological polar surface area (TPSA) is 29.4 Å². The van der Waals surface area contributed by atoms with Gasteiger partial charge in [0, 0.05) is 0 Å². The first kappa shape index (κ1) is 11.4. The molecular formula is C10H18NO. The van der Waals surface area contributed by atoms with Crippen molar-refractivity contribution in [1.29, 1.82) is 0 Å². The summed E-state index contributed by atoms with van der Waals surface area (Å²) < 4.78 is 0. The summed E-state index contributed by atoms with van der Waals surface area (Å²) in [6, 6.07) is 0. The lowest BCUT2D eigenvalue weighted by Gasteiger charge is -1.97. The van der Waals surface area contributed by atoms with Gasteiger partial charge in [-0.1, -0.05) is 45.4 Å². The molecule has 0 saturated heterocycles. The first-order chi connectivity index (χ1) is 5.91. The van der Waals surface area contributed by atoms with Gasteiger partial charge in [-0.3, -0.25) is 0 Å². The van der Waals surface area contributed by atoms with Crippen LogP contribution in [0.25, 0.3) is 0 Å². The van der Waals surface area contributed by atoms with E-state index in [0.717, 1.165) is 12.8 Å². The Labute approximate surface area is 75.1 Å². The zero-order valence-electron chi connectivity index (χ0n) is 7.88. The third kappa shape index (κ3) is 9.38. The monoisotopic (exact) mass is 168 g/mol. The van der Waals surface area contributed by atoms with Gasteiger partial charge in [0.2, 0.25) is 6.08 Å². The summed E-state index contributed by atoms with van der Waals surface area (Å²) in [5, 5.41) is 0. The van der Waals surface area contributed by atoms with Crippen molar-refractivity contribution in [2.75, 3.05) is 0 Å². The molecule has 1 radical (unpaired) electrons. The van der Waals surface area contributed by atoms with Crippen LogP contribution in [0.15, 0.2) is 4.99 Å². The first-order valence-corrected chi connectivity index (χ1v) is 4.80. The molecule has 0 aliphatic rings. The Morgan fingerprint density at radius 2 is 1.83 bits per heavy atom. The van der Waals surface area contributed by atoms with Gasteiger partial charge in [-0.2, -0.15) is 0 Å². The molecule has 0 N–H and O–H groups in total. The van der Waals surface area contributed by atoms with E-state index in [1.807, 2.05) is 0 Å². The van der Waals surface area contributed by atoms with Crippen LogP contribution < -0.4 is 0 Å². The molecule has 0 aromatic carbocycles. The van der Waals surface area contributed by atoms with Crippen molar-refractivity contribution in [1.82, 2.24) is 0 Å². The molecule has 12 heavy (non-hydrogen) atoms. The molecule has 0 bridgehead atoms. The van der Waals surface area contributed by atoms with Crippen LogP contribution in [0.2, 0.25) is 0 Å². The zero-order valence-corrected chi connectivity index (χ0v) is 7.88. The second-order valence-electron chi connectivity index (χ2n) is 2.96. The van der Waals surface area contributed by atoms with Crippen LogP contribution in [0.4, 0.5) is 0 Å². The third-order valence-corrected chi connectivity index (χ3v) is 1.83. The fourth-order valence-corrected chi connectivity index (χ4v) is 1.12. The minimum Gasteiger partial charge on any atom is -0.211 e. The number of isocyanates is 1.